The molecule has 2 aromatic rings. The molecule has 0 spiro atoms. The van der Waals surface area contributed by atoms with E-state index in [4.69, 9.17) is 12.2 Å². The molecule has 2 N–H and O–H groups in total. The molecular formula is C14H11BrFN3O2S. The molecule has 0 saturated carbocycles. The zero-order chi connectivity index (χ0) is 16.0. The van der Waals surface area contributed by atoms with Gasteiger partial charge in [-0.1, -0.05) is 15.9 Å². The number of nitrogens with one attached hydrogen (secondary N) is 2. The molecule has 0 fully saturated rings. The van der Waals surface area contributed by atoms with Gasteiger partial charge in [-0.15, -0.1) is 0 Å². The summed E-state index contributed by atoms with van der Waals surface area (Å²) in [5.41, 5.74) is 0.197. The van der Waals surface area contributed by atoms with Crippen molar-refractivity contribution >= 4 is 39.9 Å². The van der Waals surface area contributed by atoms with Crippen molar-refractivity contribution in [2.75, 3.05) is 5.32 Å². The van der Waals surface area contributed by atoms with E-state index in [1.54, 1.807) is 19.2 Å². The highest BCUT2D eigenvalue weighted by atomic mass is 79.9. The SMILES string of the molecule is Cn1c2c(c(=O)[nH]c1=S)C(c1cc(Br)ccc1F)CC(=O)N2. The minimum absolute atomic E-state index is 0.000227. The molecule has 2 heterocycles. The van der Waals surface area contributed by atoms with E-state index in [9.17, 15) is 14.0 Å². The predicted molar refractivity (Wildman–Crippen MR) is 86.1 cm³/mol. The topological polar surface area (TPSA) is 66.9 Å². The molecule has 1 aromatic heterocycles. The lowest BCUT2D eigenvalue weighted by molar-refractivity contribution is -0.116. The number of amides is 1. The van der Waals surface area contributed by atoms with Crippen LogP contribution in [0.5, 0.6) is 0 Å². The van der Waals surface area contributed by atoms with Crippen molar-refractivity contribution in [3.05, 3.63) is 54.7 Å². The summed E-state index contributed by atoms with van der Waals surface area (Å²) < 4.78 is 16.6. The third-order valence-electron chi connectivity index (χ3n) is 3.69. The molecule has 0 radical (unpaired) electrons. The summed E-state index contributed by atoms with van der Waals surface area (Å²) in [6.07, 6.45) is 0.000227. The van der Waals surface area contributed by atoms with E-state index in [1.165, 1.54) is 10.6 Å². The van der Waals surface area contributed by atoms with Crippen molar-refractivity contribution in [3.63, 3.8) is 0 Å². The Bertz CT molecular complexity index is 906. The molecule has 1 aliphatic rings. The van der Waals surface area contributed by atoms with E-state index in [1.807, 2.05) is 0 Å². The summed E-state index contributed by atoms with van der Waals surface area (Å²) in [4.78, 5) is 26.8. The van der Waals surface area contributed by atoms with E-state index in [0.717, 1.165) is 0 Å². The maximum atomic E-state index is 14.2. The first kappa shape index (κ1) is 15.1. The molecular weight excluding hydrogens is 373 g/mol. The van der Waals surface area contributed by atoms with Crippen LogP contribution in [0.2, 0.25) is 0 Å². The maximum absolute atomic E-state index is 14.2. The lowest BCUT2D eigenvalue weighted by Gasteiger charge is -2.27. The normalized spacial score (nSPS) is 17.0. The highest BCUT2D eigenvalue weighted by Crippen LogP contribution is 2.36. The Morgan fingerprint density at radius 3 is 2.86 bits per heavy atom. The van der Waals surface area contributed by atoms with Gasteiger partial charge in [0.2, 0.25) is 5.91 Å². The molecule has 0 saturated heterocycles. The Morgan fingerprint density at radius 2 is 2.14 bits per heavy atom. The van der Waals surface area contributed by atoms with E-state index < -0.39 is 17.3 Å². The number of carbonyl (C=O) groups excluding carboxylic acids is 1. The first-order chi connectivity index (χ1) is 10.4. The summed E-state index contributed by atoms with van der Waals surface area (Å²) in [5.74, 6) is -1.09. The monoisotopic (exact) mass is 383 g/mol. The second-order valence-corrected chi connectivity index (χ2v) is 6.35. The van der Waals surface area contributed by atoms with Crippen LogP contribution in [0.15, 0.2) is 27.5 Å². The highest BCUT2D eigenvalue weighted by molar-refractivity contribution is 9.10. The van der Waals surface area contributed by atoms with Gasteiger partial charge in [0.25, 0.3) is 5.56 Å². The smallest absolute Gasteiger partial charge is 0.257 e. The molecule has 1 aromatic carbocycles. The molecule has 1 amide bonds. The van der Waals surface area contributed by atoms with Gasteiger partial charge in [-0.3, -0.25) is 14.6 Å². The first-order valence-electron chi connectivity index (χ1n) is 6.46. The van der Waals surface area contributed by atoms with Crippen LogP contribution in [0, 0.1) is 10.6 Å². The number of aromatic nitrogens is 2. The molecule has 3 rings (SSSR count). The summed E-state index contributed by atoms with van der Waals surface area (Å²) in [5, 5.41) is 2.65. The van der Waals surface area contributed by atoms with Gasteiger partial charge in [-0.2, -0.15) is 0 Å². The first-order valence-corrected chi connectivity index (χ1v) is 7.66. The van der Waals surface area contributed by atoms with Gasteiger partial charge < -0.3 is 9.88 Å². The van der Waals surface area contributed by atoms with Gasteiger partial charge in [0.1, 0.15) is 11.6 Å². The van der Waals surface area contributed by atoms with Crippen LogP contribution in [-0.4, -0.2) is 15.5 Å². The Kier molecular flexibility index (Phi) is 3.73. The van der Waals surface area contributed by atoms with Gasteiger partial charge in [0, 0.05) is 23.9 Å². The number of rotatable bonds is 1. The minimum Gasteiger partial charge on any atom is -0.312 e. The maximum Gasteiger partial charge on any atom is 0.257 e. The summed E-state index contributed by atoms with van der Waals surface area (Å²) >= 11 is 8.33. The van der Waals surface area contributed by atoms with Crippen LogP contribution in [0.25, 0.3) is 0 Å². The third-order valence-corrected chi connectivity index (χ3v) is 4.56. The summed E-state index contributed by atoms with van der Waals surface area (Å²) in [6, 6.07) is 4.46. The van der Waals surface area contributed by atoms with Crippen LogP contribution in [0.3, 0.4) is 0 Å². The average Bonchev–Trinajstić information content (AvgIpc) is 2.46. The second-order valence-electron chi connectivity index (χ2n) is 5.05. The summed E-state index contributed by atoms with van der Waals surface area (Å²) in [7, 11) is 1.64. The standard InChI is InChI=1S/C14H11BrFN3O2S/c1-19-12-11(13(21)18-14(19)22)8(5-10(20)17-12)7-4-6(15)2-3-9(7)16/h2-4,8H,5H2,1H3,(H,17,20)(H,18,21,22). The molecule has 1 atom stereocenters. The van der Waals surface area contributed by atoms with Crippen molar-refractivity contribution in [1.82, 2.24) is 9.55 Å². The van der Waals surface area contributed by atoms with Crippen molar-refractivity contribution in [2.45, 2.75) is 12.3 Å². The lowest BCUT2D eigenvalue weighted by Crippen LogP contribution is -2.33. The van der Waals surface area contributed by atoms with E-state index in [0.29, 0.717) is 21.4 Å². The number of nitrogens with zero attached hydrogens (tertiary/aromatic N) is 1. The molecule has 114 valence electrons. The lowest BCUT2D eigenvalue weighted by atomic mass is 9.86. The predicted octanol–water partition coefficient (Wildman–Crippen LogP) is 2.82. The Balaban J connectivity index is 2.31. The van der Waals surface area contributed by atoms with Crippen LogP contribution in [0.1, 0.15) is 23.5 Å². The van der Waals surface area contributed by atoms with E-state index >= 15 is 0 Å². The molecule has 5 nitrogen and oxygen atoms in total. The number of benzene rings is 1. The fourth-order valence-electron chi connectivity index (χ4n) is 2.63. The fraction of sp³-hybridized carbons (Fsp3) is 0.214. The van der Waals surface area contributed by atoms with Gasteiger partial charge in [-0.05, 0) is 36.0 Å². The molecule has 22 heavy (non-hydrogen) atoms. The Hall–Kier alpha value is -1.80. The van der Waals surface area contributed by atoms with Gasteiger partial charge in [-0.25, -0.2) is 4.39 Å². The zero-order valence-electron chi connectivity index (χ0n) is 11.4. The highest BCUT2D eigenvalue weighted by Gasteiger charge is 2.32. The van der Waals surface area contributed by atoms with Crippen LogP contribution in [0.4, 0.5) is 10.2 Å². The van der Waals surface area contributed by atoms with Gasteiger partial charge in [0.05, 0.1) is 5.56 Å². The second kappa shape index (κ2) is 5.44. The molecule has 8 heteroatoms. The largest absolute Gasteiger partial charge is 0.312 e. The number of aromatic amines is 1. The van der Waals surface area contributed by atoms with Gasteiger partial charge >= 0.3 is 0 Å². The van der Waals surface area contributed by atoms with Crippen molar-refractivity contribution in [1.29, 1.82) is 0 Å². The molecule has 1 unspecified atom stereocenters. The number of H-pyrrole nitrogens is 1. The van der Waals surface area contributed by atoms with Crippen molar-refractivity contribution in [2.24, 2.45) is 7.05 Å². The average molecular weight is 384 g/mol. The molecule has 0 bridgehead atoms. The van der Waals surface area contributed by atoms with E-state index in [-0.39, 0.29) is 17.1 Å². The Morgan fingerprint density at radius 1 is 1.41 bits per heavy atom. The number of halogens is 2. The molecule has 0 aliphatic carbocycles. The van der Waals surface area contributed by atoms with Crippen LogP contribution >= 0.6 is 28.1 Å². The van der Waals surface area contributed by atoms with Gasteiger partial charge in [0.15, 0.2) is 4.77 Å². The zero-order valence-corrected chi connectivity index (χ0v) is 13.8. The number of hydrogen-bond acceptors (Lipinski definition) is 3. The Labute approximate surface area is 138 Å². The quantitative estimate of drug-likeness (QED) is 0.744. The van der Waals surface area contributed by atoms with E-state index in [2.05, 4.69) is 26.2 Å². The van der Waals surface area contributed by atoms with Crippen LogP contribution in [-0.2, 0) is 11.8 Å². The minimum atomic E-state index is -0.660. The third kappa shape index (κ3) is 2.42. The fourth-order valence-corrected chi connectivity index (χ4v) is 3.19. The summed E-state index contributed by atoms with van der Waals surface area (Å²) in [6.45, 7) is 0. The van der Waals surface area contributed by atoms with Crippen molar-refractivity contribution in [3.8, 4) is 0 Å². The van der Waals surface area contributed by atoms with Crippen molar-refractivity contribution < 1.29 is 9.18 Å². The van der Waals surface area contributed by atoms with Crippen LogP contribution < -0.4 is 10.9 Å². The number of fused-ring (bicyclic) bond motifs is 1. The number of carbonyl (C=O) groups is 1. The molecule has 1 aliphatic heterocycles. The number of anilines is 1. The number of hydrogen-bond donors (Lipinski definition) is 2.